The largest absolute Gasteiger partial charge is 0.214 e. The molecular formula is C20H37N3O2S. The Labute approximate surface area is 161 Å². The predicted octanol–water partition coefficient (Wildman–Crippen LogP) is 5.15. The zero-order chi connectivity index (χ0) is 19.5. The molecule has 0 aliphatic carbocycles. The molecule has 0 aromatic carbocycles. The Kier molecular flexibility index (Phi) is 16.6. The van der Waals surface area contributed by atoms with Gasteiger partial charge < -0.3 is 0 Å². The van der Waals surface area contributed by atoms with Crippen LogP contribution in [-0.2, 0) is 10.0 Å². The van der Waals surface area contributed by atoms with Gasteiger partial charge in [-0.05, 0) is 32.1 Å². The van der Waals surface area contributed by atoms with E-state index in [-0.39, 0.29) is 5.75 Å². The fourth-order valence-electron chi connectivity index (χ4n) is 2.92. The van der Waals surface area contributed by atoms with Crippen LogP contribution in [0.15, 0.2) is 0 Å². The third kappa shape index (κ3) is 14.1. The lowest BCUT2D eigenvalue weighted by atomic mass is 10.1. The monoisotopic (exact) mass is 383 g/mol. The molecule has 26 heavy (non-hydrogen) atoms. The highest BCUT2D eigenvalue weighted by atomic mass is 32.2. The molecule has 0 aliphatic rings. The Bertz CT molecular complexity index is 480. The van der Waals surface area contributed by atoms with Crippen molar-refractivity contribution in [3.8, 4) is 12.1 Å². The summed E-state index contributed by atoms with van der Waals surface area (Å²) >= 11 is 0. The molecule has 5 nitrogen and oxygen atoms in total. The standard InChI is InChI=1S/C20H37N3O2S/c1-2-3-4-15-20-26(24,25)23(18-13-9-5-7-11-16-21)19-14-10-6-8-12-17-22/h2-15,18-20H2,1H3. The third-order valence-electron chi connectivity index (χ3n) is 4.54. The van der Waals surface area contributed by atoms with Crippen LogP contribution in [0.3, 0.4) is 0 Å². The van der Waals surface area contributed by atoms with Crippen molar-refractivity contribution in [2.45, 2.75) is 96.8 Å². The molecule has 0 fully saturated rings. The Morgan fingerprint density at radius 1 is 0.692 bits per heavy atom. The maximum absolute atomic E-state index is 12.7. The second-order valence-corrected chi connectivity index (χ2v) is 9.01. The van der Waals surface area contributed by atoms with Crippen LogP contribution >= 0.6 is 0 Å². The van der Waals surface area contributed by atoms with Crippen LogP contribution in [0.1, 0.15) is 96.8 Å². The lowest BCUT2D eigenvalue weighted by Crippen LogP contribution is -2.35. The molecule has 0 aromatic heterocycles. The van der Waals surface area contributed by atoms with E-state index < -0.39 is 10.0 Å². The van der Waals surface area contributed by atoms with E-state index in [1.54, 1.807) is 4.31 Å². The molecule has 6 heteroatoms. The van der Waals surface area contributed by atoms with Crippen LogP contribution in [0.4, 0.5) is 0 Å². The zero-order valence-corrected chi connectivity index (χ0v) is 17.4. The van der Waals surface area contributed by atoms with Crippen molar-refractivity contribution < 1.29 is 8.42 Å². The molecule has 0 aliphatic heterocycles. The number of hydrogen-bond donors (Lipinski definition) is 0. The van der Waals surface area contributed by atoms with Gasteiger partial charge in [0.05, 0.1) is 17.9 Å². The number of nitriles is 2. The minimum atomic E-state index is -3.17. The van der Waals surface area contributed by atoms with Crippen molar-refractivity contribution in [3.63, 3.8) is 0 Å². The molecule has 0 atom stereocenters. The molecule has 0 saturated heterocycles. The van der Waals surface area contributed by atoms with E-state index in [0.717, 1.165) is 77.0 Å². The lowest BCUT2D eigenvalue weighted by Gasteiger charge is -2.22. The number of unbranched alkanes of at least 4 members (excludes halogenated alkanes) is 11. The molecule has 0 spiro atoms. The molecular weight excluding hydrogens is 346 g/mol. The summed E-state index contributed by atoms with van der Waals surface area (Å²) in [6, 6.07) is 4.30. The Morgan fingerprint density at radius 3 is 1.62 bits per heavy atom. The van der Waals surface area contributed by atoms with Gasteiger partial charge in [-0.15, -0.1) is 0 Å². The molecule has 0 unspecified atom stereocenters. The predicted molar refractivity (Wildman–Crippen MR) is 107 cm³/mol. The lowest BCUT2D eigenvalue weighted by molar-refractivity contribution is 0.384. The van der Waals surface area contributed by atoms with E-state index >= 15 is 0 Å². The van der Waals surface area contributed by atoms with Crippen molar-refractivity contribution in [2.75, 3.05) is 18.8 Å². The van der Waals surface area contributed by atoms with Gasteiger partial charge in [0.1, 0.15) is 0 Å². The maximum Gasteiger partial charge on any atom is 0.214 e. The molecule has 0 rings (SSSR count). The normalized spacial score (nSPS) is 11.4. The van der Waals surface area contributed by atoms with E-state index in [9.17, 15) is 8.42 Å². The number of hydrogen-bond acceptors (Lipinski definition) is 4. The van der Waals surface area contributed by atoms with Crippen molar-refractivity contribution in [3.05, 3.63) is 0 Å². The van der Waals surface area contributed by atoms with E-state index in [1.165, 1.54) is 0 Å². The SMILES string of the molecule is CCCCCCS(=O)(=O)N(CCCCCCC#N)CCCCCCC#N. The minimum Gasteiger partial charge on any atom is -0.212 e. The zero-order valence-electron chi connectivity index (χ0n) is 16.6. The van der Waals surface area contributed by atoms with Crippen molar-refractivity contribution in [1.29, 1.82) is 10.5 Å². The van der Waals surface area contributed by atoms with Gasteiger partial charge in [-0.3, -0.25) is 0 Å². The van der Waals surface area contributed by atoms with Crippen LogP contribution in [-0.4, -0.2) is 31.6 Å². The average molecular weight is 384 g/mol. The fraction of sp³-hybridized carbons (Fsp3) is 0.900. The first-order valence-electron chi connectivity index (χ1n) is 10.3. The van der Waals surface area contributed by atoms with Crippen LogP contribution in [0.2, 0.25) is 0 Å². The summed E-state index contributed by atoms with van der Waals surface area (Å²) in [7, 11) is -3.17. The second-order valence-electron chi connectivity index (χ2n) is 6.92. The second kappa shape index (κ2) is 17.3. The molecule has 0 saturated carbocycles. The maximum atomic E-state index is 12.7. The van der Waals surface area contributed by atoms with Crippen LogP contribution in [0, 0.1) is 22.7 Å². The topological polar surface area (TPSA) is 85.0 Å². The molecule has 0 heterocycles. The summed E-state index contributed by atoms with van der Waals surface area (Å²) in [4.78, 5) is 0. The van der Waals surface area contributed by atoms with E-state index in [1.807, 2.05) is 0 Å². The number of sulfonamides is 1. The molecule has 0 radical (unpaired) electrons. The van der Waals surface area contributed by atoms with Gasteiger partial charge in [-0.2, -0.15) is 10.5 Å². The van der Waals surface area contributed by atoms with Crippen molar-refractivity contribution in [2.24, 2.45) is 0 Å². The quantitative estimate of drug-likeness (QED) is 0.306. The molecule has 0 aromatic rings. The molecule has 150 valence electrons. The summed E-state index contributed by atoms with van der Waals surface area (Å²) in [5.41, 5.74) is 0. The smallest absolute Gasteiger partial charge is 0.212 e. The average Bonchev–Trinajstić information content (AvgIpc) is 2.62. The van der Waals surface area contributed by atoms with Crippen LogP contribution < -0.4 is 0 Å². The van der Waals surface area contributed by atoms with E-state index in [2.05, 4.69) is 19.1 Å². The minimum absolute atomic E-state index is 0.260. The van der Waals surface area contributed by atoms with Crippen molar-refractivity contribution in [1.82, 2.24) is 4.31 Å². The van der Waals surface area contributed by atoms with Gasteiger partial charge >= 0.3 is 0 Å². The fourth-order valence-corrected chi connectivity index (χ4v) is 4.56. The first kappa shape index (κ1) is 24.9. The summed E-state index contributed by atoms with van der Waals surface area (Å²) in [6.45, 7) is 3.32. The highest BCUT2D eigenvalue weighted by molar-refractivity contribution is 7.89. The first-order chi connectivity index (χ1) is 12.6. The Balaban J connectivity index is 4.33. The first-order valence-corrected chi connectivity index (χ1v) is 11.9. The summed E-state index contributed by atoms with van der Waals surface area (Å²) in [6.07, 6.45) is 12.6. The van der Waals surface area contributed by atoms with Gasteiger partial charge in [-0.25, -0.2) is 12.7 Å². The van der Waals surface area contributed by atoms with Gasteiger partial charge in [-0.1, -0.05) is 51.9 Å². The van der Waals surface area contributed by atoms with E-state index in [0.29, 0.717) is 25.9 Å². The summed E-state index contributed by atoms with van der Waals surface area (Å²) in [5.74, 6) is 0.260. The number of rotatable bonds is 18. The van der Waals surface area contributed by atoms with Gasteiger partial charge in [0.2, 0.25) is 10.0 Å². The van der Waals surface area contributed by atoms with E-state index in [4.69, 9.17) is 10.5 Å². The van der Waals surface area contributed by atoms with Gasteiger partial charge in [0, 0.05) is 25.9 Å². The Morgan fingerprint density at radius 2 is 1.15 bits per heavy atom. The number of nitrogens with zero attached hydrogens (tertiary/aromatic N) is 3. The highest BCUT2D eigenvalue weighted by Gasteiger charge is 2.20. The molecule has 0 bridgehead atoms. The summed E-state index contributed by atoms with van der Waals surface area (Å²) in [5, 5.41) is 17.1. The van der Waals surface area contributed by atoms with Crippen LogP contribution in [0.25, 0.3) is 0 Å². The molecule has 0 N–H and O–H groups in total. The van der Waals surface area contributed by atoms with Crippen molar-refractivity contribution >= 4 is 10.0 Å². The summed E-state index contributed by atoms with van der Waals surface area (Å²) < 4.78 is 27.0. The van der Waals surface area contributed by atoms with Gasteiger partial charge in [0.15, 0.2) is 0 Å². The highest BCUT2D eigenvalue weighted by Crippen LogP contribution is 2.13. The third-order valence-corrected chi connectivity index (χ3v) is 6.50. The van der Waals surface area contributed by atoms with Gasteiger partial charge in [0.25, 0.3) is 0 Å². The Hall–Kier alpha value is -1.11. The van der Waals surface area contributed by atoms with Crippen LogP contribution in [0.5, 0.6) is 0 Å². The molecule has 0 amide bonds.